The van der Waals surface area contributed by atoms with Crippen LogP contribution in [0, 0.1) is 22.2 Å². The lowest BCUT2D eigenvalue weighted by molar-refractivity contribution is -0.143. The molecule has 0 N–H and O–H groups in total. The molecule has 2 aliphatic rings. The molecular formula is C19H19ClN2O2. The Morgan fingerprint density at radius 1 is 1.29 bits per heavy atom. The first-order valence-electron chi connectivity index (χ1n) is 7.95. The van der Waals surface area contributed by atoms with Crippen molar-refractivity contribution < 1.29 is 9.59 Å². The van der Waals surface area contributed by atoms with E-state index < -0.39 is 5.41 Å². The van der Waals surface area contributed by atoms with Crippen molar-refractivity contribution in [2.45, 2.75) is 26.7 Å². The monoisotopic (exact) mass is 342 g/mol. The number of Topliss-reactive ketones (excluding diaryl/α,β-unsaturated/α-hetero) is 1. The smallest absolute Gasteiger partial charge is 0.227 e. The zero-order valence-electron chi connectivity index (χ0n) is 13.8. The maximum Gasteiger partial charge on any atom is 0.227 e. The molecule has 5 heteroatoms. The number of allylic oxidation sites excluding steroid dienone is 1. The minimum absolute atomic E-state index is 0.0598. The summed E-state index contributed by atoms with van der Waals surface area (Å²) in [5.74, 6) is -0.0360. The zero-order chi connectivity index (χ0) is 17.5. The van der Waals surface area contributed by atoms with Crippen LogP contribution in [0.2, 0.25) is 5.02 Å². The molecule has 0 aromatic heterocycles. The zero-order valence-corrected chi connectivity index (χ0v) is 14.6. The van der Waals surface area contributed by atoms with Crippen LogP contribution in [0.1, 0.15) is 25.8 Å². The SMILES string of the molecule is CC1(C)CC2(C=C(C#N)C1=O)CN(C(=O)Cc1ccc(Cl)cc1)C2. The van der Waals surface area contributed by atoms with Gasteiger partial charge in [0.1, 0.15) is 6.07 Å². The summed E-state index contributed by atoms with van der Waals surface area (Å²) in [5, 5.41) is 9.86. The van der Waals surface area contributed by atoms with Gasteiger partial charge < -0.3 is 4.90 Å². The number of carbonyl (C=O) groups is 2. The first kappa shape index (κ1) is 16.7. The Labute approximate surface area is 146 Å². The maximum absolute atomic E-state index is 12.4. The topological polar surface area (TPSA) is 61.2 Å². The Morgan fingerprint density at radius 2 is 1.92 bits per heavy atom. The number of carbonyl (C=O) groups excluding carboxylic acids is 2. The van der Waals surface area contributed by atoms with Gasteiger partial charge in [0, 0.05) is 28.9 Å². The van der Waals surface area contributed by atoms with Crippen LogP contribution in [0.25, 0.3) is 0 Å². The Hall–Kier alpha value is -2.12. The molecule has 1 aliphatic carbocycles. The second-order valence-electron chi connectivity index (χ2n) is 7.48. The predicted octanol–water partition coefficient (Wildman–Crippen LogP) is 3.16. The van der Waals surface area contributed by atoms with E-state index in [4.69, 9.17) is 11.6 Å². The molecule has 0 unspecified atom stereocenters. The van der Waals surface area contributed by atoms with Crippen molar-refractivity contribution >= 4 is 23.3 Å². The molecule has 1 aliphatic heterocycles. The third-order valence-electron chi connectivity index (χ3n) is 4.86. The number of amides is 1. The van der Waals surface area contributed by atoms with Crippen LogP contribution in [0.4, 0.5) is 0 Å². The van der Waals surface area contributed by atoms with Gasteiger partial charge in [-0.05, 0) is 24.1 Å². The van der Waals surface area contributed by atoms with Crippen LogP contribution >= 0.6 is 11.6 Å². The number of nitriles is 1. The second kappa shape index (κ2) is 5.75. The lowest BCUT2D eigenvalue weighted by Gasteiger charge is -2.53. The molecule has 1 saturated heterocycles. The number of hydrogen-bond acceptors (Lipinski definition) is 3. The number of rotatable bonds is 2. The number of nitrogens with zero attached hydrogens (tertiary/aromatic N) is 2. The quantitative estimate of drug-likeness (QED) is 0.829. The van der Waals surface area contributed by atoms with E-state index in [2.05, 4.69) is 0 Å². The maximum atomic E-state index is 12.4. The van der Waals surface area contributed by atoms with Crippen LogP contribution in [0.5, 0.6) is 0 Å². The van der Waals surface area contributed by atoms with E-state index in [1.807, 2.05) is 32.0 Å². The van der Waals surface area contributed by atoms with Crippen molar-refractivity contribution in [1.82, 2.24) is 4.90 Å². The summed E-state index contributed by atoms with van der Waals surface area (Å²) in [6.45, 7) is 4.89. The summed E-state index contributed by atoms with van der Waals surface area (Å²) in [5.41, 5.74) is 0.373. The van der Waals surface area contributed by atoms with Gasteiger partial charge in [-0.25, -0.2) is 0 Å². The lowest BCUT2D eigenvalue weighted by Crippen LogP contribution is -2.61. The van der Waals surface area contributed by atoms with Crippen molar-refractivity contribution in [3.05, 3.63) is 46.5 Å². The first-order chi connectivity index (χ1) is 11.2. The van der Waals surface area contributed by atoms with E-state index >= 15 is 0 Å². The molecule has 1 amide bonds. The van der Waals surface area contributed by atoms with Gasteiger partial charge >= 0.3 is 0 Å². The molecule has 1 fully saturated rings. The summed E-state index contributed by atoms with van der Waals surface area (Å²) in [6.07, 6.45) is 2.80. The van der Waals surface area contributed by atoms with Crippen LogP contribution in [0.15, 0.2) is 35.9 Å². The van der Waals surface area contributed by atoms with Gasteiger partial charge in [0.2, 0.25) is 5.91 Å². The number of likely N-dealkylation sites (tertiary alicyclic amines) is 1. The molecule has 4 nitrogen and oxygen atoms in total. The molecule has 1 heterocycles. The minimum atomic E-state index is -0.550. The molecule has 1 aromatic carbocycles. The number of ketones is 1. The van der Waals surface area contributed by atoms with Crippen LogP contribution in [0.3, 0.4) is 0 Å². The van der Waals surface area contributed by atoms with E-state index in [1.165, 1.54) is 0 Å². The van der Waals surface area contributed by atoms with Gasteiger partial charge in [-0.2, -0.15) is 5.26 Å². The van der Waals surface area contributed by atoms with Crippen molar-refractivity contribution in [3.63, 3.8) is 0 Å². The highest BCUT2D eigenvalue weighted by atomic mass is 35.5. The fourth-order valence-electron chi connectivity index (χ4n) is 3.81. The Morgan fingerprint density at radius 3 is 2.50 bits per heavy atom. The summed E-state index contributed by atoms with van der Waals surface area (Å²) < 4.78 is 0. The van der Waals surface area contributed by atoms with E-state index in [1.54, 1.807) is 23.1 Å². The number of benzene rings is 1. The molecule has 24 heavy (non-hydrogen) atoms. The fraction of sp³-hybridized carbons (Fsp3) is 0.421. The average Bonchev–Trinajstić information content (AvgIpc) is 2.49. The van der Waals surface area contributed by atoms with Crippen LogP contribution in [-0.2, 0) is 16.0 Å². The third kappa shape index (κ3) is 2.97. The number of hydrogen-bond donors (Lipinski definition) is 0. The fourth-order valence-corrected chi connectivity index (χ4v) is 3.94. The number of halogens is 1. The summed E-state index contributed by atoms with van der Waals surface area (Å²) in [4.78, 5) is 26.4. The van der Waals surface area contributed by atoms with Gasteiger partial charge in [0.15, 0.2) is 5.78 Å². The molecule has 0 bridgehead atoms. The largest absolute Gasteiger partial charge is 0.341 e. The Kier molecular flexibility index (Phi) is 4.01. The van der Waals surface area contributed by atoms with Crippen molar-refractivity contribution in [2.24, 2.45) is 10.8 Å². The second-order valence-corrected chi connectivity index (χ2v) is 7.91. The van der Waals surface area contributed by atoms with Gasteiger partial charge in [-0.15, -0.1) is 0 Å². The molecule has 0 radical (unpaired) electrons. The molecule has 1 aromatic rings. The summed E-state index contributed by atoms with van der Waals surface area (Å²) >= 11 is 5.86. The van der Waals surface area contributed by atoms with E-state index in [9.17, 15) is 14.9 Å². The minimum Gasteiger partial charge on any atom is -0.341 e. The van der Waals surface area contributed by atoms with Gasteiger partial charge in [0.25, 0.3) is 0 Å². The molecule has 124 valence electrons. The Bertz CT molecular complexity index is 766. The highest BCUT2D eigenvalue weighted by Crippen LogP contribution is 2.48. The summed E-state index contributed by atoms with van der Waals surface area (Å²) in [7, 11) is 0. The highest BCUT2D eigenvalue weighted by molar-refractivity contribution is 6.30. The predicted molar refractivity (Wildman–Crippen MR) is 91.3 cm³/mol. The van der Waals surface area contributed by atoms with E-state index in [0.29, 0.717) is 31.0 Å². The van der Waals surface area contributed by atoms with Crippen molar-refractivity contribution in [2.75, 3.05) is 13.1 Å². The summed E-state index contributed by atoms with van der Waals surface area (Å²) in [6, 6.07) is 9.28. The van der Waals surface area contributed by atoms with Gasteiger partial charge in [-0.1, -0.05) is 43.7 Å². The van der Waals surface area contributed by atoms with Gasteiger partial charge in [-0.3, -0.25) is 9.59 Å². The van der Waals surface area contributed by atoms with Gasteiger partial charge in [0.05, 0.1) is 12.0 Å². The molecule has 0 saturated carbocycles. The third-order valence-corrected chi connectivity index (χ3v) is 5.11. The van der Waals surface area contributed by atoms with E-state index in [-0.39, 0.29) is 22.7 Å². The normalized spacial score (nSPS) is 21.0. The highest BCUT2D eigenvalue weighted by Gasteiger charge is 2.52. The van der Waals surface area contributed by atoms with E-state index in [0.717, 1.165) is 5.56 Å². The first-order valence-corrected chi connectivity index (χ1v) is 8.32. The standard InChI is InChI=1S/C19H19ClN2O2/c1-18(2)10-19(8-14(9-21)17(18)24)11-22(12-19)16(23)7-13-3-5-15(20)6-4-13/h3-6,8H,7,10-12H2,1-2H3. The molecule has 1 spiro atoms. The van der Waals surface area contributed by atoms with Crippen molar-refractivity contribution in [3.8, 4) is 6.07 Å². The van der Waals surface area contributed by atoms with Crippen LogP contribution in [-0.4, -0.2) is 29.7 Å². The Balaban J connectivity index is 1.69. The molecule has 3 rings (SSSR count). The van der Waals surface area contributed by atoms with Crippen molar-refractivity contribution in [1.29, 1.82) is 5.26 Å². The lowest BCUT2D eigenvalue weighted by atomic mass is 9.61. The van der Waals surface area contributed by atoms with Crippen LogP contribution < -0.4 is 0 Å². The molecular weight excluding hydrogens is 324 g/mol. The molecule has 0 atom stereocenters. The average molecular weight is 343 g/mol.